The van der Waals surface area contributed by atoms with Crippen LogP contribution in [0.1, 0.15) is 12.5 Å². The van der Waals surface area contributed by atoms with Crippen molar-refractivity contribution < 1.29 is 4.79 Å². The number of rotatable bonds is 1. The quantitative estimate of drug-likeness (QED) is 0.793. The molecule has 0 aliphatic carbocycles. The maximum Gasteiger partial charge on any atom is 0.221 e. The molecule has 0 fully saturated rings. The fourth-order valence-corrected chi connectivity index (χ4v) is 1.85. The van der Waals surface area contributed by atoms with Crippen LogP contribution in [0.25, 0.3) is 0 Å². The number of hydrogen-bond donors (Lipinski definition) is 1. The monoisotopic (exact) mass is 309 g/mol. The molecule has 2 nitrogen and oxygen atoms in total. The lowest BCUT2D eigenvalue weighted by Crippen LogP contribution is -2.07. The first-order chi connectivity index (χ1) is 6.00. The molecule has 0 saturated heterocycles. The Morgan fingerprint density at radius 2 is 2.15 bits per heavy atom. The second kappa shape index (κ2) is 4.28. The molecule has 4 heteroatoms. The molecule has 0 aliphatic rings. The molecule has 1 aromatic carbocycles. The number of carbonyl (C=O) groups is 1. The lowest BCUT2D eigenvalue weighted by molar-refractivity contribution is -0.114. The number of anilines is 1. The Balaban J connectivity index is 3.08. The van der Waals surface area contributed by atoms with E-state index in [2.05, 4.69) is 27.9 Å². The third kappa shape index (κ3) is 2.84. The van der Waals surface area contributed by atoms with E-state index in [1.54, 1.807) is 6.07 Å². The first-order valence-corrected chi connectivity index (χ1v) is 5.19. The summed E-state index contributed by atoms with van der Waals surface area (Å²) in [6.07, 6.45) is 0. The van der Waals surface area contributed by atoms with E-state index in [4.69, 9.17) is 11.6 Å². The second-order valence-corrected chi connectivity index (χ2v) is 4.33. The van der Waals surface area contributed by atoms with Gasteiger partial charge in [-0.05, 0) is 47.2 Å². The zero-order chi connectivity index (χ0) is 10.0. The van der Waals surface area contributed by atoms with Gasteiger partial charge in [-0.1, -0.05) is 11.6 Å². The molecule has 0 atom stereocenters. The maximum atomic E-state index is 10.8. The minimum Gasteiger partial charge on any atom is -0.325 e. The molecular formula is C9H9ClINO. The summed E-state index contributed by atoms with van der Waals surface area (Å²) < 4.78 is 0.995. The van der Waals surface area contributed by atoms with Gasteiger partial charge in [-0.15, -0.1) is 0 Å². The minimum absolute atomic E-state index is 0.0853. The van der Waals surface area contributed by atoms with Crippen molar-refractivity contribution in [3.8, 4) is 0 Å². The number of amides is 1. The highest BCUT2D eigenvalue weighted by Gasteiger charge is 2.04. The summed E-state index contributed by atoms with van der Waals surface area (Å²) in [6.45, 7) is 3.41. The molecule has 0 bridgehead atoms. The topological polar surface area (TPSA) is 29.1 Å². The average Bonchev–Trinajstić information content (AvgIpc) is 1.99. The molecule has 0 radical (unpaired) electrons. The number of benzene rings is 1. The largest absolute Gasteiger partial charge is 0.325 e. The molecule has 0 saturated carbocycles. The van der Waals surface area contributed by atoms with E-state index in [9.17, 15) is 4.79 Å². The number of nitrogens with one attached hydrogen (secondary N) is 1. The van der Waals surface area contributed by atoms with Crippen LogP contribution in [0, 0.1) is 10.5 Å². The van der Waals surface area contributed by atoms with Crippen molar-refractivity contribution >= 4 is 45.8 Å². The molecule has 1 rings (SSSR count). The fraction of sp³-hybridized carbons (Fsp3) is 0.222. The predicted octanol–water partition coefficient (Wildman–Crippen LogP) is 3.21. The van der Waals surface area contributed by atoms with Crippen LogP contribution in [-0.2, 0) is 4.79 Å². The van der Waals surface area contributed by atoms with Gasteiger partial charge in [0.25, 0.3) is 0 Å². The van der Waals surface area contributed by atoms with Gasteiger partial charge in [0.2, 0.25) is 5.91 Å². The predicted molar refractivity (Wildman–Crippen MR) is 63.2 cm³/mol. The van der Waals surface area contributed by atoms with Gasteiger partial charge in [-0.25, -0.2) is 0 Å². The molecule has 1 amide bonds. The Kier molecular flexibility index (Phi) is 3.55. The van der Waals surface area contributed by atoms with Crippen molar-refractivity contribution in [3.05, 3.63) is 26.3 Å². The fourth-order valence-electron chi connectivity index (χ4n) is 0.932. The van der Waals surface area contributed by atoms with E-state index in [1.165, 1.54) is 6.92 Å². The summed E-state index contributed by atoms with van der Waals surface area (Å²) in [5.41, 5.74) is 1.78. The molecule has 1 aromatic rings. The molecule has 0 aliphatic heterocycles. The number of aryl methyl sites for hydroxylation is 1. The summed E-state index contributed by atoms with van der Waals surface area (Å²) in [4.78, 5) is 10.8. The lowest BCUT2D eigenvalue weighted by Gasteiger charge is -2.07. The third-order valence-corrected chi connectivity index (χ3v) is 2.86. The van der Waals surface area contributed by atoms with Gasteiger partial charge in [0, 0.05) is 15.5 Å². The molecule has 0 unspecified atom stereocenters. The van der Waals surface area contributed by atoms with E-state index < -0.39 is 0 Å². The van der Waals surface area contributed by atoms with Crippen molar-refractivity contribution in [2.24, 2.45) is 0 Å². The highest BCUT2D eigenvalue weighted by molar-refractivity contribution is 14.1. The highest BCUT2D eigenvalue weighted by Crippen LogP contribution is 2.25. The van der Waals surface area contributed by atoms with Crippen LogP contribution in [0.4, 0.5) is 5.69 Å². The van der Waals surface area contributed by atoms with Gasteiger partial charge in [0.1, 0.15) is 0 Å². The normalized spacial score (nSPS) is 9.85. The number of hydrogen-bond acceptors (Lipinski definition) is 1. The summed E-state index contributed by atoms with van der Waals surface area (Å²) >= 11 is 8.08. The van der Waals surface area contributed by atoms with Gasteiger partial charge < -0.3 is 5.32 Å². The Bertz CT molecular complexity index is 352. The van der Waals surface area contributed by atoms with E-state index in [-0.39, 0.29) is 5.91 Å². The van der Waals surface area contributed by atoms with E-state index in [0.717, 1.165) is 14.8 Å². The van der Waals surface area contributed by atoms with Crippen LogP contribution in [0.5, 0.6) is 0 Å². The zero-order valence-corrected chi connectivity index (χ0v) is 10.2. The van der Waals surface area contributed by atoms with Crippen LogP contribution in [0.3, 0.4) is 0 Å². The molecule has 13 heavy (non-hydrogen) atoms. The molecule has 0 heterocycles. The van der Waals surface area contributed by atoms with Crippen LogP contribution >= 0.6 is 34.2 Å². The average molecular weight is 310 g/mol. The minimum atomic E-state index is -0.0853. The Hall–Kier alpha value is -0.290. The van der Waals surface area contributed by atoms with Crippen molar-refractivity contribution in [2.75, 3.05) is 5.32 Å². The Morgan fingerprint density at radius 1 is 1.54 bits per heavy atom. The van der Waals surface area contributed by atoms with Gasteiger partial charge in [0.15, 0.2) is 0 Å². The molecular weight excluding hydrogens is 300 g/mol. The van der Waals surface area contributed by atoms with Crippen LogP contribution in [-0.4, -0.2) is 5.91 Å². The lowest BCUT2D eigenvalue weighted by atomic mass is 10.2. The summed E-state index contributed by atoms with van der Waals surface area (Å²) in [6, 6.07) is 3.70. The van der Waals surface area contributed by atoms with Crippen molar-refractivity contribution in [3.63, 3.8) is 0 Å². The number of carbonyl (C=O) groups excluding carboxylic acids is 1. The van der Waals surface area contributed by atoms with Crippen LogP contribution in [0.2, 0.25) is 5.02 Å². The third-order valence-electron chi connectivity index (χ3n) is 1.56. The first-order valence-electron chi connectivity index (χ1n) is 3.74. The molecule has 70 valence electrons. The van der Waals surface area contributed by atoms with Crippen LogP contribution in [0.15, 0.2) is 12.1 Å². The van der Waals surface area contributed by atoms with Gasteiger partial charge in [-0.3, -0.25) is 4.79 Å². The standard InChI is InChI=1S/C9H9ClINO/c1-5-3-8(11)9(4-7(5)10)12-6(2)13/h3-4H,1-2H3,(H,12,13). The first kappa shape index (κ1) is 10.8. The summed E-state index contributed by atoms with van der Waals surface area (Å²) in [5, 5.41) is 3.38. The van der Waals surface area contributed by atoms with Gasteiger partial charge in [0.05, 0.1) is 5.69 Å². The van der Waals surface area contributed by atoms with E-state index >= 15 is 0 Å². The highest BCUT2D eigenvalue weighted by atomic mass is 127. The summed E-state index contributed by atoms with van der Waals surface area (Å²) in [7, 11) is 0. The van der Waals surface area contributed by atoms with Gasteiger partial charge in [-0.2, -0.15) is 0 Å². The Morgan fingerprint density at radius 3 is 2.69 bits per heavy atom. The van der Waals surface area contributed by atoms with Crippen LogP contribution < -0.4 is 5.32 Å². The number of halogens is 2. The molecule has 0 aromatic heterocycles. The van der Waals surface area contributed by atoms with E-state index in [1.807, 2.05) is 13.0 Å². The van der Waals surface area contributed by atoms with E-state index in [0.29, 0.717) is 5.02 Å². The second-order valence-electron chi connectivity index (χ2n) is 2.76. The molecule has 0 spiro atoms. The summed E-state index contributed by atoms with van der Waals surface area (Å²) in [5.74, 6) is -0.0853. The Labute approximate surface area is 95.8 Å². The van der Waals surface area contributed by atoms with Crippen molar-refractivity contribution in [1.29, 1.82) is 0 Å². The maximum absolute atomic E-state index is 10.8. The smallest absolute Gasteiger partial charge is 0.221 e. The SMILES string of the molecule is CC(=O)Nc1cc(Cl)c(C)cc1I. The molecule has 1 N–H and O–H groups in total. The van der Waals surface area contributed by atoms with Crippen molar-refractivity contribution in [1.82, 2.24) is 0 Å². The van der Waals surface area contributed by atoms with Crippen molar-refractivity contribution in [2.45, 2.75) is 13.8 Å². The van der Waals surface area contributed by atoms with Gasteiger partial charge >= 0.3 is 0 Å². The zero-order valence-electron chi connectivity index (χ0n) is 7.32.